The van der Waals surface area contributed by atoms with Crippen molar-refractivity contribution >= 4 is 0 Å². The summed E-state index contributed by atoms with van der Waals surface area (Å²) in [6.07, 6.45) is -0.458. The number of aliphatic hydroxyl groups excluding tert-OH is 1. The monoisotopic (exact) mass is 250 g/mol. The Morgan fingerprint density at radius 1 is 1.33 bits per heavy atom. The van der Waals surface area contributed by atoms with Gasteiger partial charge in [0, 0.05) is 25.0 Å². The molecule has 0 bridgehead atoms. The standard InChI is InChI=1S/C15H26N2O/c1-11-5-6-14(12(2)7-11)15(3,4)10-17-9-13(18)8-16/h5-7,13,17-18H,8-10,16H2,1-4H3. The molecule has 0 aromatic heterocycles. The third-order valence-corrected chi connectivity index (χ3v) is 3.33. The molecule has 0 amide bonds. The van der Waals surface area contributed by atoms with Crippen LogP contribution in [0.25, 0.3) is 0 Å². The second kappa shape index (κ2) is 6.32. The van der Waals surface area contributed by atoms with Crippen LogP contribution in [0.3, 0.4) is 0 Å². The molecule has 0 radical (unpaired) electrons. The Labute approximate surface area is 110 Å². The molecule has 0 spiro atoms. The molecule has 0 saturated heterocycles. The van der Waals surface area contributed by atoms with Gasteiger partial charge in [-0.05, 0) is 25.0 Å². The van der Waals surface area contributed by atoms with E-state index in [-0.39, 0.29) is 5.41 Å². The average Bonchev–Trinajstić information content (AvgIpc) is 2.27. The van der Waals surface area contributed by atoms with Crippen LogP contribution in [-0.2, 0) is 5.41 Å². The second-order valence-electron chi connectivity index (χ2n) is 5.72. The Kier molecular flexibility index (Phi) is 5.32. The Morgan fingerprint density at radius 3 is 2.56 bits per heavy atom. The molecule has 102 valence electrons. The first-order valence-electron chi connectivity index (χ1n) is 6.53. The van der Waals surface area contributed by atoms with E-state index in [9.17, 15) is 5.11 Å². The van der Waals surface area contributed by atoms with Gasteiger partial charge >= 0.3 is 0 Å². The van der Waals surface area contributed by atoms with Gasteiger partial charge in [0.2, 0.25) is 0 Å². The maximum atomic E-state index is 9.43. The fourth-order valence-corrected chi connectivity index (χ4v) is 2.30. The number of benzene rings is 1. The van der Waals surface area contributed by atoms with Crippen LogP contribution >= 0.6 is 0 Å². The summed E-state index contributed by atoms with van der Waals surface area (Å²) in [6, 6.07) is 6.57. The van der Waals surface area contributed by atoms with E-state index in [4.69, 9.17) is 5.73 Å². The van der Waals surface area contributed by atoms with Crippen LogP contribution in [-0.4, -0.2) is 30.8 Å². The molecular weight excluding hydrogens is 224 g/mol. The number of hydrogen-bond acceptors (Lipinski definition) is 3. The normalized spacial score (nSPS) is 13.7. The highest BCUT2D eigenvalue weighted by Crippen LogP contribution is 2.26. The molecule has 0 aliphatic rings. The molecule has 0 heterocycles. The van der Waals surface area contributed by atoms with Crippen molar-refractivity contribution in [3.63, 3.8) is 0 Å². The first-order valence-corrected chi connectivity index (χ1v) is 6.53. The zero-order valence-corrected chi connectivity index (χ0v) is 12.0. The van der Waals surface area contributed by atoms with E-state index in [1.807, 2.05) is 0 Å². The van der Waals surface area contributed by atoms with E-state index in [1.54, 1.807) is 0 Å². The van der Waals surface area contributed by atoms with E-state index < -0.39 is 6.10 Å². The molecule has 4 N–H and O–H groups in total. The molecule has 3 nitrogen and oxygen atoms in total. The lowest BCUT2D eigenvalue weighted by Gasteiger charge is -2.28. The zero-order valence-electron chi connectivity index (χ0n) is 12.0. The van der Waals surface area contributed by atoms with E-state index in [1.165, 1.54) is 16.7 Å². The predicted molar refractivity (Wildman–Crippen MR) is 76.9 cm³/mol. The van der Waals surface area contributed by atoms with Gasteiger partial charge in [0.15, 0.2) is 0 Å². The van der Waals surface area contributed by atoms with Crippen LogP contribution in [0.4, 0.5) is 0 Å². The summed E-state index contributed by atoms with van der Waals surface area (Å²) in [7, 11) is 0. The maximum Gasteiger partial charge on any atom is 0.0786 e. The van der Waals surface area contributed by atoms with Crippen LogP contribution in [0.1, 0.15) is 30.5 Å². The highest BCUT2D eigenvalue weighted by Gasteiger charge is 2.22. The summed E-state index contributed by atoms with van der Waals surface area (Å²) in [6.45, 7) is 10.4. The zero-order chi connectivity index (χ0) is 13.8. The largest absolute Gasteiger partial charge is 0.390 e. The minimum Gasteiger partial charge on any atom is -0.390 e. The molecule has 1 aromatic carbocycles. The van der Waals surface area contributed by atoms with Gasteiger partial charge in [-0.15, -0.1) is 0 Å². The van der Waals surface area contributed by atoms with Crippen LogP contribution < -0.4 is 11.1 Å². The number of rotatable bonds is 6. The van der Waals surface area contributed by atoms with E-state index in [0.29, 0.717) is 13.1 Å². The highest BCUT2D eigenvalue weighted by molar-refractivity contribution is 5.35. The molecule has 0 aliphatic carbocycles. The molecule has 1 unspecified atom stereocenters. The number of nitrogens with one attached hydrogen (secondary N) is 1. The van der Waals surface area contributed by atoms with Crippen molar-refractivity contribution in [2.45, 2.75) is 39.2 Å². The van der Waals surface area contributed by atoms with Gasteiger partial charge in [-0.3, -0.25) is 0 Å². The number of aliphatic hydroxyl groups is 1. The van der Waals surface area contributed by atoms with Gasteiger partial charge in [0.05, 0.1) is 6.10 Å². The van der Waals surface area contributed by atoms with Crippen molar-refractivity contribution in [2.24, 2.45) is 5.73 Å². The molecule has 1 atom stereocenters. The second-order valence-corrected chi connectivity index (χ2v) is 5.72. The van der Waals surface area contributed by atoms with Crippen molar-refractivity contribution in [1.29, 1.82) is 0 Å². The van der Waals surface area contributed by atoms with Crippen LogP contribution in [0.15, 0.2) is 18.2 Å². The summed E-state index contributed by atoms with van der Waals surface area (Å²) in [5.74, 6) is 0. The van der Waals surface area contributed by atoms with Gasteiger partial charge in [0.1, 0.15) is 0 Å². The SMILES string of the molecule is Cc1ccc(C(C)(C)CNCC(O)CN)c(C)c1. The molecule has 3 heteroatoms. The number of hydrogen-bond donors (Lipinski definition) is 3. The minimum atomic E-state index is -0.458. The molecule has 0 fully saturated rings. The Morgan fingerprint density at radius 2 is 2.00 bits per heavy atom. The van der Waals surface area contributed by atoms with Crippen molar-refractivity contribution < 1.29 is 5.11 Å². The lowest BCUT2D eigenvalue weighted by molar-refractivity contribution is 0.177. The molecule has 18 heavy (non-hydrogen) atoms. The van der Waals surface area contributed by atoms with Crippen LogP contribution in [0, 0.1) is 13.8 Å². The smallest absolute Gasteiger partial charge is 0.0786 e. The number of nitrogens with two attached hydrogens (primary N) is 1. The molecule has 1 rings (SSSR count). The summed E-state index contributed by atoms with van der Waals surface area (Å²) >= 11 is 0. The summed E-state index contributed by atoms with van der Waals surface area (Å²) in [5.41, 5.74) is 9.39. The lowest BCUT2D eigenvalue weighted by atomic mass is 9.81. The van der Waals surface area contributed by atoms with Gasteiger partial charge in [-0.1, -0.05) is 37.6 Å². The molecule has 0 aliphatic heterocycles. The molecular formula is C15H26N2O. The molecule has 0 saturated carbocycles. The minimum absolute atomic E-state index is 0.0477. The average molecular weight is 250 g/mol. The lowest BCUT2D eigenvalue weighted by Crippen LogP contribution is -2.39. The summed E-state index contributed by atoms with van der Waals surface area (Å²) in [4.78, 5) is 0. The summed E-state index contributed by atoms with van der Waals surface area (Å²) < 4.78 is 0. The predicted octanol–water partition coefficient (Wildman–Crippen LogP) is 1.49. The van der Waals surface area contributed by atoms with Crippen molar-refractivity contribution in [3.8, 4) is 0 Å². The van der Waals surface area contributed by atoms with Crippen molar-refractivity contribution in [3.05, 3.63) is 34.9 Å². The first-order chi connectivity index (χ1) is 8.36. The Bertz CT molecular complexity index is 388. The van der Waals surface area contributed by atoms with Gasteiger partial charge in [-0.25, -0.2) is 0 Å². The Hall–Kier alpha value is -0.900. The van der Waals surface area contributed by atoms with Crippen LogP contribution in [0.5, 0.6) is 0 Å². The third-order valence-electron chi connectivity index (χ3n) is 3.33. The quantitative estimate of drug-likeness (QED) is 0.717. The topological polar surface area (TPSA) is 58.3 Å². The van der Waals surface area contributed by atoms with Crippen molar-refractivity contribution in [2.75, 3.05) is 19.6 Å². The van der Waals surface area contributed by atoms with Gasteiger partial charge in [-0.2, -0.15) is 0 Å². The van der Waals surface area contributed by atoms with Gasteiger partial charge < -0.3 is 16.2 Å². The first kappa shape index (κ1) is 15.2. The highest BCUT2D eigenvalue weighted by atomic mass is 16.3. The number of aryl methyl sites for hydroxylation is 2. The van der Waals surface area contributed by atoms with E-state index >= 15 is 0 Å². The van der Waals surface area contributed by atoms with Crippen LogP contribution in [0.2, 0.25) is 0 Å². The van der Waals surface area contributed by atoms with Crippen molar-refractivity contribution in [1.82, 2.24) is 5.32 Å². The maximum absolute atomic E-state index is 9.43. The van der Waals surface area contributed by atoms with E-state index in [2.05, 4.69) is 51.2 Å². The van der Waals surface area contributed by atoms with E-state index in [0.717, 1.165) is 6.54 Å². The summed E-state index contributed by atoms with van der Waals surface area (Å²) in [5, 5.41) is 12.7. The van der Waals surface area contributed by atoms with Gasteiger partial charge in [0.25, 0.3) is 0 Å². The fourth-order valence-electron chi connectivity index (χ4n) is 2.30. The fraction of sp³-hybridized carbons (Fsp3) is 0.600. The Balaban J connectivity index is 2.67. The third kappa shape index (κ3) is 4.09. The molecule has 1 aromatic rings.